The number of nitrogens with one attached hydrogen (secondary N) is 1. The van der Waals surface area contributed by atoms with Crippen molar-refractivity contribution in [3.05, 3.63) is 17.0 Å². The summed E-state index contributed by atoms with van der Waals surface area (Å²) in [6, 6.07) is 0. The van der Waals surface area contributed by atoms with E-state index in [2.05, 4.69) is 15.4 Å². The molecule has 1 aliphatic heterocycles. The SMILES string of the molecule is Cc1noc(C)c1C(=O)CN1CCNCC1. The van der Waals surface area contributed by atoms with E-state index in [0.29, 0.717) is 23.6 Å². The Balaban J connectivity index is 2.02. The molecule has 5 nitrogen and oxygen atoms in total. The van der Waals surface area contributed by atoms with Crippen molar-refractivity contribution in [3.8, 4) is 0 Å². The molecule has 16 heavy (non-hydrogen) atoms. The zero-order chi connectivity index (χ0) is 11.5. The maximum Gasteiger partial charge on any atom is 0.182 e. The van der Waals surface area contributed by atoms with Gasteiger partial charge in [0.1, 0.15) is 5.76 Å². The molecule has 1 saturated heterocycles. The standard InChI is InChI=1S/C11H17N3O2/c1-8-11(9(2)16-13-8)10(15)7-14-5-3-12-4-6-14/h12H,3-7H2,1-2H3. The Kier molecular flexibility index (Phi) is 3.36. The second-order valence-corrected chi connectivity index (χ2v) is 4.15. The Morgan fingerprint density at radius 3 is 2.69 bits per heavy atom. The Morgan fingerprint density at radius 2 is 2.12 bits per heavy atom. The van der Waals surface area contributed by atoms with Gasteiger partial charge in [0.25, 0.3) is 0 Å². The Morgan fingerprint density at radius 1 is 1.44 bits per heavy atom. The molecule has 2 heterocycles. The highest BCUT2D eigenvalue weighted by atomic mass is 16.5. The lowest BCUT2D eigenvalue weighted by Crippen LogP contribution is -2.45. The van der Waals surface area contributed by atoms with Crippen LogP contribution >= 0.6 is 0 Å². The van der Waals surface area contributed by atoms with E-state index >= 15 is 0 Å². The summed E-state index contributed by atoms with van der Waals surface area (Å²) in [5.41, 5.74) is 1.34. The van der Waals surface area contributed by atoms with Gasteiger partial charge in [-0.15, -0.1) is 0 Å². The number of aromatic nitrogens is 1. The maximum absolute atomic E-state index is 12.1. The maximum atomic E-state index is 12.1. The molecule has 0 bridgehead atoms. The van der Waals surface area contributed by atoms with Gasteiger partial charge in [0.15, 0.2) is 5.78 Å². The number of ketones is 1. The molecule has 1 aromatic heterocycles. The summed E-state index contributed by atoms with van der Waals surface area (Å²) in [4.78, 5) is 14.2. The summed E-state index contributed by atoms with van der Waals surface area (Å²) in [7, 11) is 0. The summed E-state index contributed by atoms with van der Waals surface area (Å²) >= 11 is 0. The summed E-state index contributed by atoms with van der Waals surface area (Å²) in [5.74, 6) is 0.732. The van der Waals surface area contributed by atoms with Gasteiger partial charge in [0.05, 0.1) is 17.8 Å². The van der Waals surface area contributed by atoms with Gasteiger partial charge in [-0.3, -0.25) is 9.69 Å². The number of rotatable bonds is 3. The van der Waals surface area contributed by atoms with E-state index in [1.54, 1.807) is 6.92 Å². The van der Waals surface area contributed by atoms with Gasteiger partial charge in [-0.25, -0.2) is 0 Å². The second kappa shape index (κ2) is 4.76. The smallest absolute Gasteiger partial charge is 0.182 e. The fourth-order valence-corrected chi connectivity index (χ4v) is 2.03. The highest BCUT2D eigenvalue weighted by Gasteiger charge is 2.20. The molecule has 5 heteroatoms. The molecule has 0 amide bonds. The van der Waals surface area contributed by atoms with Crippen molar-refractivity contribution in [1.29, 1.82) is 0 Å². The highest BCUT2D eigenvalue weighted by Crippen LogP contribution is 2.13. The first-order chi connectivity index (χ1) is 7.68. The predicted octanol–water partition coefficient (Wildman–Crippen LogP) is 0.379. The zero-order valence-corrected chi connectivity index (χ0v) is 9.75. The number of carbonyl (C=O) groups excluding carboxylic acids is 1. The van der Waals surface area contributed by atoms with Crippen LogP contribution in [0.1, 0.15) is 21.8 Å². The van der Waals surface area contributed by atoms with E-state index in [0.717, 1.165) is 26.2 Å². The van der Waals surface area contributed by atoms with Gasteiger partial charge in [-0.1, -0.05) is 5.16 Å². The Labute approximate surface area is 94.8 Å². The van der Waals surface area contributed by atoms with E-state index in [1.165, 1.54) is 0 Å². The molecule has 1 fully saturated rings. The molecule has 0 unspecified atom stereocenters. The molecular formula is C11H17N3O2. The summed E-state index contributed by atoms with van der Waals surface area (Å²) < 4.78 is 5.00. The first-order valence-electron chi connectivity index (χ1n) is 5.57. The third kappa shape index (κ3) is 2.31. The number of carbonyl (C=O) groups is 1. The number of nitrogens with zero attached hydrogens (tertiary/aromatic N) is 2. The molecule has 1 aliphatic rings. The van der Waals surface area contributed by atoms with Crippen molar-refractivity contribution in [3.63, 3.8) is 0 Å². The van der Waals surface area contributed by atoms with Crippen molar-refractivity contribution in [2.45, 2.75) is 13.8 Å². The van der Waals surface area contributed by atoms with E-state index in [9.17, 15) is 4.79 Å². The van der Waals surface area contributed by atoms with Crippen molar-refractivity contribution in [1.82, 2.24) is 15.4 Å². The van der Waals surface area contributed by atoms with Gasteiger partial charge >= 0.3 is 0 Å². The van der Waals surface area contributed by atoms with E-state index in [-0.39, 0.29) is 5.78 Å². The third-order valence-electron chi connectivity index (χ3n) is 2.89. The number of piperazine rings is 1. The summed E-state index contributed by atoms with van der Waals surface area (Å²) in [6.07, 6.45) is 0. The quantitative estimate of drug-likeness (QED) is 0.751. The largest absolute Gasteiger partial charge is 0.361 e. The predicted molar refractivity (Wildman–Crippen MR) is 59.6 cm³/mol. The van der Waals surface area contributed by atoms with Crippen molar-refractivity contribution in [2.75, 3.05) is 32.7 Å². The minimum atomic E-state index is 0.109. The Hall–Kier alpha value is -1.20. The molecule has 0 spiro atoms. The summed E-state index contributed by atoms with van der Waals surface area (Å²) in [5, 5.41) is 7.07. The van der Waals surface area contributed by atoms with Crippen molar-refractivity contribution < 1.29 is 9.32 Å². The molecule has 0 aliphatic carbocycles. The molecule has 0 saturated carbocycles. The molecule has 1 N–H and O–H groups in total. The number of Topliss-reactive ketones (excluding diaryl/α,β-unsaturated/α-hetero) is 1. The summed E-state index contributed by atoms with van der Waals surface area (Å²) in [6.45, 7) is 7.81. The molecule has 0 atom stereocenters. The van der Waals surface area contributed by atoms with Crippen LogP contribution in [0.15, 0.2) is 4.52 Å². The number of hydrogen-bond donors (Lipinski definition) is 1. The van der Waals surface area contributed by atoms with Crippen LogP contribution in [-0.2, 0) is 0 Å². The minimum Gasteiger partial charge on any atom is -0.361 e. The van der Waals surface area contributed by atoms with E-state index in [1.807, 2.05) is 6.92 Å². The van der Waals surface area contributed by atoms with Crippen LogP contribution < -0.4 is 5.32 Å². The van der Waals surface area contributed by atoms with Gasteiger partial charge in [-0.2, -0.15) is 0 Å². The second-order valence-electron chi connectivity index (χ2n) is 4.15. The van der Waals surface area contributed by atoms with Crippen LogP contribution in [0.4, 0.5) is 0 Å². The van der Waals surface area contributed by atoms with Gasteiger partial charge in [-0.05, 0) is 13.8 Å². The molecule has 0 radical (unpaired) electrons. The molecule has 88 valence electrons. The lowest BCUT2D eigenvalue weighted by atomic mass is 10.1. The first kappa shape index (κ1) is 11.3. The number of aryl methyl sites for hydroxylation is 2. The topological polar surface area (TPSA) is 58.4 Å². The van der Waals surface area contributed by atoms with Gasteiger partial charge in [0, 0.05) is 26.2 Å². The van der Waals surface area contributed by atoms with Crippen LogP contribution in [0.25, 0.3) is 0 Å². The fourth-order valence-electron chi connectivity index (χ4n) is 2.03. The normalized spacial score (nSPS) is 17.6. The number of hydrogen-bond acceptors (Lipinski definition) is 5. The van der Waals surface area contributed by atoms with E-state index < -0.39 is 0 Å². The average Bonchev–Trinajstić information content (AvgIpc) is 2.60. The van der Waals surface area contributed by atoms with Crippen LogP contribution in [-0.4, -0.2) is 48.6 Å². The fraction of sp³-hybridized carbons (Fsp3) is 0.636. The molecule has 1 aromatic rings. The average molecular weight is 223 g/mol. The zero-order valence-electron chi connectivity index (χ0n) is 9.75. The van der Waals surface area contributed by atoms with Crippen molar-refractivity contribution >= 4 is 5.78 Å². The highest BCUT2D eigenvalue weighted by molar-refractivity contribution is 5.99. The van der Waals surface area contributed by atoms with Gasteiger partial charge in [0.2, 0.25) is 0 Å². The molecule has 0 aromatic carbocycles. The van der Waals surface area contributed by atoms with Crippen LogP contribution in [0.5, 0.6) is 0 Å². The van der Waals surface area contributed by atoms with E-state index in [4.69, 9.17) is 4.52 Å². The van der Waals surface area contributed by atoms with Crippen LogP contribution in [0.3, 0.4) is 0 Å². The monoisotopic (exact) mass is 223 g/mol. The van der Waals surface area contributed by atoms with Crippen LogP contribution in [0, 0.1) is 13.8 Å². The molecular weight excluding hydrogens is 206 g/mol. The van der Waals surface area contributed by atoms with Crippen LogP contribution in [0.2, 0.25) is 0 Å². The third-order valence-corrected chi connectivity index (χ3v) is 2.89. The van der Waals surface area contributed by atoms with Crippen molar-refractivity contribution in [2.24, 2.45) is 0 Å². The Bertz CT molecular complexity index is 361. The van der Waals surface area contributed by atoms with Gasteiger partial charge < -0.3 is 9.84 Å². The molecule has 2 rings (SSSR count). The lowest BCUT2D eigenvalue weighted by molar-refractivity contribution is 0.0919. The lowest BCUT2D eigenvalue weighted by Gasteiger charge is -2.26. The first-order valence-corrected chi connectivity index (χ1v) is 5.57. The minimum absolute atomic E-state index is 0.109.